The first-order chi connectivity index (χ1) is 9.47. The van der Waals surface area contributed by atoms with Crippen molar-refractivity contribution in [2.75, 3.05) is 0 Å². The maximum atomic E-state index is 4.82. The number of hydrogen-bond acceptors (Lipinski definition) is 1. The molecule has 0 unspecified atom stereocenters. The van der Waals surface area contributed by atoms with Crippen LogP contribution in [-0.4, -0.2) is 9.61 Å². The molecule has 0 spiro atoms. The maximum Gasteiger partial charge on any atom is 0.0933 e. The Kier molecular flexibility index (Phi) is 3.32. The molecule has 0 aliphatic carbocycles. The van der Waals surface area contributed by atoms with Crippen LogP contribution in [0.15, 0.2) is 48.5 Å². The van der Waals surface area contributed by atoms with Crippen LogP contribution in [0.1, 0.15) is 26.5 Å². The molecule has 1 aromatic carbocycles. The summed E-state index contributed by atoms with van der Waals surface area (Å²) in [5.74, 6) is 0. The number of rotatable bonds is 1. The molecule has 20 heavy (non-hydrogen) atoms. The third-order valence-corrected chi connectivity index (χ3v) is 4.23. The highest BCUT2D eigenvalue weighted by Crippen LogP contribution is 2.29. The van der Waals surface area contributed by atoms with Gasteiger partial charge in [-0.05, 0) is 40.8 Å². The minimum absolute atomic E-state index is 0.0655. The van der Waals surface area contributed by atoms with Gasteiger partial charge in [0, 0.05) is 14.5 Å². The van der Waals surface area contributed by atoms with E-state index in [0.717, 1.165) is 16.8 Å². The van der Waals surface area contributed by atoms with Crippen molar-refractivity contribution in [1.82, 2.24) is 9.61 Å². The molecule has 0 atom stereocenters. The summed E-state index contributed by atoms with van der Waals surface area (Å²) in [7, 11) is 0. The molecule has 0 bridgehead atoms. The van der Waals surface area contributed by atoms with E-state index in [4.69, 9.17) is 5.10 Å². The summed E-state index contributed by atoms with van der Waals surface area (Å²) in [6.45, 7) is 6.69. The number of nitrogens with zero attached hydrogens (tertiary/aromatic N) is 2. The molecule has 3 rings (SSSR count). The normalized spacial score (nSPS) is 12.0. The molecule has 0 amide bonds. The van der Waals surface area contributed by atoms with Gasteiger partial charge in [0.05, 0.1) is 16.9 Å². The Hall–Kier alpha value is -1.36. The topological polar surface area (TPSA) is 17.3 Å². The highest BCUT2D eigenvalue weighted by Gasteiger charge is 2.22. The predicted molar refractivity (Wildman–Crippen MR) is 92.0 cm³/mol. The number of fused-ring (bicyclic) bond motifs is 1. The van der Waals surface area contributed by atoms with Gasteiger partial charge in [0.2, 0.25) is 0 Å². The van der Waals surface area contributed by atoms with E-state index >= 15 is 0 Å². The summed E-state index contributed by atoms with van der Waals surface area (Å²) in [5, 5.41) is 4.82. The summed E-state index contributed by atoms with van der Waals surface area (Å²) in [5.41, 5.74) is 4.66. The van der Waals surface area contributed by atoms with E-state index in [1.165, 1.54) is 9.26 Å². The van der Waals surface area contributed by atoms with E-state index in [0.29, 0.717) is 0 Å². The molecule has 0 N–H and O–H groups in total. The molecule has 3 aromatic rings. The molecule has 3 heteroatoms. The Bertz CT molecular complexity index is 752. The van der Waals surface area contributed by atoms with Crippen molar-refractivity contribution >= 4 is 28.1 Å². The van der Waals surface area contributed by atoms with Crippen molar-refractivity contribution in [3.63, 3.8) is 0 Å². The first kappa shape index (κ1) is 13.6. The van der Waals surface area contributed by atoms with Gasteiger partial charge < -0.3 is 0 Å². The van der Waals surface area contributed by atoms with Gasteiger partial charge in [0.25, 0.3) is 0 Å². The summed E-state index contributed by atoms with van der Waals surface area (Å²) in [4.78, 5) is 0. The number of halogens is 1. The van der Waals surface area contributed by atoms with Gasteiger partial charge in [-0.1, -0.05) is 51.1 Å². The molecular weight excluding hydrogens is 359 g/mol. The van der Waals surface area contributed by atoms with E-state index in [2.05, 4.69) is 78.2 Å². The van der Waals surface area contributed by atoms with Crippen molar-refractivity contribution in [3.8, 4) is 11.3 Å². The molecule has 0 saturated heterocycles. The van der Waals surface area contributed by atoms with E-state index in [9.17, 15) is 0 Å². The van der Waals surface area contributed by atoms with Crippen LogP contribution in [-0.2, 0) is 5.41 Å². The first-order valence-corrected chi connectivity index (χ1v) is 7.79. The molecule has 2 aromatic heterocycles. The fraction of sp³-hybridized carbons (Fsp3) is 0.235. The Labute approximate surface area is 133 Å². The van der Waals surface area contributed by atoms with E-state index in [1.54, 1.807) is 0 Å². The lowest BCUT2D eigenvalue weighted by Gasteiger charge is -2.21. The Morgan fingerprint density at radius 2 is 1.70 bits per heavy atom. The van der Waals surface area contributed by atoms with Crippen molar-refractivity contribution in [1.29, 1.82) is 0 Å². The molecule has 2 heterocycles. The molecule has 0 fully saturated rings. The molecule has 0 aliphatic heterocycles. The predicted octanol–water partition coefficient (Wildman–Crippen LogP) is 4.90. The Balaban J connectivity index is 2.27. The van der Waals surface area contributed by atoms with Crippen LogP contribution < -0.4 is 0 Å². The van der Waals surface area contributed by atoms with Crippen LogP contribution in [0.25, 0.3) is 16.8 Å². The summed E-state index contributed by atoms with van der Waals surface area (Å²) < 4.78 is 3.34. The smallest absolute Gasteiger partial charge is 0.0933 e. The molecule has 0 saturated carbocycles. The second-order valence-electron chi connectivity index (χ2n) is 6.01. The van der Waals surface area contributed by atoms with Crippen LogP contribution in [0.5, 0.6) is 0 Å². The zero-order chi connectivity index (χ0) is 14.3. The van der Waals surface area contributed by atoms with E-state index in [1.807, 2.05) is 18.2 Å². The van der Waals surface area contributed by atoms with Gasteiger partial charge in [-0.2, -0.15) is 5.10 Å². The lowest BCUT2D eigenvalue weighted by molar-refractivity contribution is 0.545. The Morgan fingerprint density at radius 3 is 2.35 bits per heavy atom. The number of benzene rings is 1. The van der Waals surface area contributed by atoms with Gasteiger partial charge in [-0.15, -0.1) is 0 Å². The van der Waals surface area contributed by atoms with Gasteiger partial charge in [0.1, 0.15) is 0 Å². The van der Waals surface area contributed by atoms with Gasteiger partial charge in [0.15, 0.2) is 0 Å². The highest BCUT2D eigenvalue weighted by molar-refractivity contribution is 14.1. The molecular formula is C17H17IN2. The van der Waals surface area contributed by atoms with Gasteiger partial charge >= 0.3 is 0 Å². The molecule has 0 radical (unpaired) electrons. The quantitative estimate of drug-likeness (QED) is 0.552. The van der Waals surface area contributed by atoms with Crippen LogP contribution in [0.2, 0.25) is 0 Å². The highest BCUT2D eigenvalue weighted by atomic mass is 127. The van der Waals surface area contributed by atoms with Gasteiger partial charge in [-0.3, -0.25) is 0 Å². The molecule has 0 aliphatic rings. The summed E-state index contributed by atoms with van der Waals surface area (Å²) >= 11 is 2.40. The van der Waals surface area contributed by atoms with Crippen LogP contribution >= 0.6 is 22.6 Å². The van der Waals surface area contributed by atoms with Crippen LogP contribution in [0.4, 0.5) is 0 Å². The van der Waals surface area contributed by atoms with Crippen molar-refractivity contribution in [3.05, 3.63) is 57.8 Å². The minimum Gasteiger partial charge on any atom is -0.236 e. The maximum absolute atomic E-state index is 4.82. The fourth-order valence-electron chi connectivity index (χ4n) is 2.46. The fourth-order valence-corrected chi connectivity index (χ4v) is 3.68. The Morgan fingerprint density at radius 1 is 1.00 bits per heavy atom. The number of hydrogen-bond donors (Lipinski definition) is 0. The van der Waals surface area contributed by atoms with E-state index in [-0.39, 0.29) is 5.41 Å². The zero-order valence-corrected chi connectivity index (χ0v) is 14.0. The summed E-state index contributed by atoms with van der Waals surface area (Å²) in [6.07, 6.45) is 0. The average molecular weight is 376 g/mol. The third kappa shape index (κ3) is 2.35. The summed E-state index contributed by atoms with van der Waals surface area (Å²) in [6, 6.07) is 16.8. The monoisotopic (exact) mass is 376 g/mol. The number of aromatic nitrogens is 2. The van der Waals surface area contributed by atoms with Gasteiger partial charge in [-0.25, -0.2) is 4.52 Å². The second-order valence-corrected chi connectivity index (χ2v) is 7.17. The number of pyridine rings is 1. The SMILES string of the molecule is CC(C)(C)c1c(I)ccc2cc(-c3ccccc3)nn12. The molecule has 2 nitrogen and oxygen atoms in total. The second kappa shape index (κ2) is 4.88. The standard InChI is InChI=1S/C17H17IN2/c1-17(2,3)16-14(18)10-9-13-11-15(19-20(13)16)12-7-5-4-6-8-12/h4-11H,1-3H3. The zero-order valence-electron chi connectivity index (χ0n) is 11.9. The minimum atomic E-state index is 0.0655. The molecule has 102 valence electrons. The lowest BCUT2D eigenvalue weighted by atomic mass is 9.91. The van der Waals surface area contributed by atoms with E-state index < -0.39 is 0 Å². The largest absolute Gasteiger partial charge is 0.236 e. The van der Waals surface area contributed by atoms with Crippen molar-refractivity contribution in [2.45, 2.75) is 26.2 Å². The van der Waals surface area contributed by atoms with Crippen LogP contribution in [0.3, 0.4) is 0 Å². The third-order valence-electron chi connectivity index (χ3n) is 3.36. The first-order valence-electron chi connectivity index (χ1n) is 6.71. The average Bonchev–Trinajstić information content (AvgIpc) is 2.81. The van der Waals surface area contributed by atoms with Crippen molar-refractivity contribution in [2.24, 2.45) is 0 Å². The van der Waals surface area contributed by atoms with Crippen molar-refractivity contribution < 1.29 is 0 Å². The van der Waals surface area contributed by atoms with Crippen LogP contribution in [0, 0.1) is 3.57 Å². The lowest BCUT2D eigenvalue weighted by Crippen LogP contribution is -2.19.